The van der Waals surface area contributed by atoms with Gasteiger partial charge in [-0.05, 0) is 51.0 Å². The van der Waals surface area contributed by atoms with Crippen molar-refractivity contribution in [3.05, 3.63) is 63.6 Å². The third-order valence-corrected chi connectivity index (χ3v) is 5.26. The molecular weight excluding hydrogens is 411 g/mol. The van der Waals surface area contributed by atoms with Crippen LogP contribution in [0.1, 0.15) is 44.9 Å². The minimum atomic E-state index is -0.790. The third kappa shape index (κ3) is 4.85. The van der Waals surface area contributed by atoms with Crippen molar-refractivity contribution in [1.29, 1.82) is 0 Å². The van der Waals surface area contributed by atoms with Crippen LogP contribution in [0.3, 0.4) is 0 Å². The minimum absolute atomic E-state index is 0.238. The van der Waals surface area contributed by atoms with Crippen molar-refractivity contribution in [2.75, 3.05) is 4.90 Å². The molecule has 154 valence electrons. The van der Waals surface area contributed by atoms with Crippen LogP contribution in [0.25, 0.3) is 0 Å². The zero-order valence-corrected chi connectivity index (χ0v) is 18.3. The molecule has 1 aliphatic rings. The molecule has 2 aromatic carbocycles. The van der Waals surface area contributed by atoms with Crippen molar-refractivity contribution in [2.24, 2.45) is 0 Å². The quantitative estimate of drug-likeness (QED) is 0.689. The first-order valence-corrected chi connectivity index (χ1v) is 10.2. The van der Waals surface area contributed by atoms with Gasteiger partial charge >= 0.3 is 6.09 Å². The van der Waals surface area contributed by atoms with Gasteiger partial charge < -0.3 is 15.0 Å². The number of hydrogen-bond acceptors (Lipinski definition) is 3. The molecule has 1 aliphatic heterocycles. The summed E-state index contributed by atoms with van der Waals surface area (Å²) < 4.78 is 5.33. The predicted molar refractivity (Wildman–Crippen MR) is 116 cm³/mol. The van der Waals surface area contributed by atoms with Crippen molar-refractivity contribution < 1.29 is 14.3 Å². The summed E-state index contributed by atoms with van der Waals surface area (Å²) in [6, 6.07) is 12.0. The highest BCUT2D eigenvalue weighted by molar-refractivity contribution is 6.36. The summed E-state index contributed by atoms with van der Waals surface area (Å²) >= 11 is 12.7. The van der Waals surface area contributed by atoms with Crippen molar-refractivity contribution in [3.8, 4) is 0 Å². The molecule has 1 heterocycles. The van der Waals surface area contributed by atoms with Crippen molar-refractivity contribution in [2.45, 2.75) is 51.8 Å². The number of fused-ring (bicyclic) bond motifs is 1. The van der Waals surface area contributed by atoms with Gasteiger partial charge in [-0.15, -0.1) is 0 Å². The van der Waals surface area contributed by atoms with Gasteiger partial charge in [0.1, 0.15) is 11.6 Å². The lowest BCUT2D eigenvalue weighted by atomic mass is 9.94. The van der Waals surface area contributed by atoms with Gasteiger partial charge in [-0.1, -0.05) is 53.5 Å². The van der Waals surface area contributed by atoms with E-state index in [0.717, 1.165) is 11.1 Å². The topological polar surface area (TPSA) is 58.6 Å². The van der Waals surface area contributed by atoms with Crippen LogP contribution in [0.5, 0.6) is 0 Å². The minimum Gasteiger partial charge on any atom is -0.444 e. The number of amides is 2. The van der Waals surface area contributed by atoms with E-state index in [4.69, 9.17) is 27.9 Å². The van der Waals surface area contributed by atoms with Crippen LogP contribution in [0, 0.1) is 0 Å². The second-order valence-electron chi connectivity index (χ2n) is 8.08. The average Bonchev–Trinajstić information content (AvgIpc) is 2.62. The molecule has 2 amide bonds. The van der Waals surface area contributed by atoms with Crippen molar-refractivity contribution in [3.63, 3.8) is 0 Å². The molecule has 5 nitrogen and oxygen atoms in total. The van der Waals surface area contributed by atoms with E-state index >= 15 is 0 Å². The van der Waals surface area contributed by atoms with Crippen LogP contribution in [0.2, 0.25) is 10.0 Å². The Bertz CT molecular complexity index is 926. The van der Waals surface area contributed by atoms with Crippen molar-refractivity contribution >= 4 is 40.9 Å². The second kappa shape index (κ2) is 8.25. The Kier molecular flexibility index (Phi) is 6.11. The van der Waals surface area contributed by atoms with Crippen LogP contribution < -0.4 is 10.2 Å². The lowest BCUT2D eigenvalue weighted by Crippen LogP contribution is -2.54. The molecule has 0 fully saturated rings. The molecule has 1 N–H and O–H groups in total. The number of rotatable bonds is 3. The van der Waals surface area contributed by atoms with E-state index in [1.165, 1.54) is 0 Å². The fourth-order valence-electron chi connectivity index (χ4n) is 3.43. The fraction of sp³-hybridized carbons (Fsp3) is 0.364. The van der Waals surface area contributed by atoms with Gasteiger partial charge in [0.05, 0.1) is 11.7 Å². The molecule has 0 aromatic heterocycles. The first-order valence-electron chi connectivity index (χ1n) is 9.42. The fourth-order valence-corrected chi connectivity index (χ4v) is 3.99. The average molecular weight is 435 g/mol. The molecule has 0 spiro atoms. The van der Waals surface area contributed by atoms with Crippen LogP contribution in [-0.4, -0.2) is 23.6 Å². The number of ether oxygens (including phenoxy) is 1. The lowest BCUT2D eigenvalue weighted by molar-refractivity contribution is -0.121. The number of anilines is 1. The van der Waals surface area contributed by atoms with Crippen LogP contribution in [0.15, 0.2) is 42.5 Å². The maximum Gasteiger partial charge on any atom is 0.408 e. The maximum absolute atomic E-state index is 13.4. The molecule has 0 saturated heterocycles. The zero-order valence-electron chi connectivity index (χ0n) is 16.8. The molecule has 29 heavy (non-hydrogen) atoms. The summed E-state index contributed by atoms with van der Waals surface area (Å²) in [5.74, 6) is -0.238. The van der Waals surface area contributed by atoms with E-state index < -0.39 is 17.7 Å². The lowest BCUT2D eigenvalue weighted by Gasteiger charge is -2.39. The molecule has 0 aliphatic carbocycles. The molecule has 0 saturated carbocycles. The Morgan fingerprint density at radius 1 is 1.21 bits per heavy atom. The molecule has 2 atom stereocenters. The van der Waals surface area contributed by atoms with E-state index in [1.807, 2.05) is 37.3 Å². The van der Waals surface area contributed by atoms with Gasteiger partial charge in [-0.25, -0.2) is 4.79 Å². The van der Waals surface area contributed by atoms with E-state index in [2.05, 4.69) is 5.32 Å². The number of carbonyl (C=O) groups is 2. The summed E-state index contributed by atoms with van der Waals surface area (Å²) in [4.78, 5) is 27.4. The smallest absolute Gasteiger partial charge is 0.408 e. The molecule has 2 aromatic rings. The number of alkyl carbamates (subject to hydrolysis) is 1. The highest BCUT2D eigenvalue weighted by Gasteiger charge is 2.38. The van der Waals surface area contributed by atoms with Gasteiger partial charge in [0.2, 0.25) is 0 Å². The van der Waals surface area contributed by atoms with Crippen molar-refractivity contribution in [1.82, 2.24) is 5.32 Å². The Balaban J connectivity index is 2.00. The third-order valence-electron chi connectivity index (χ3n) is 4.70. The van der Waals surface area contributed by atoms with Crippen LogP contribution >= 0.6 is 23.2 Å². The monoisotopic (exact) mass is 434 g/mol. The second-order valence-corrected chi connectivity index (χ2v) is 8.93. The zero-order chi connectivity index (χ0) is 21.3. The summed E-state index contributed by atoms with van der Waals surface area (Å²) in [6.07, 6.45) is -0.377. The molecule has 0 bridgehead atoms. The Hall–Kier alpha value is -2.24. The van der Waals surface area contributed by atoms with E-state index in [0.29, 0.717) is 15.7 Å². The maximum atomic E-state index is 13.4. The van der Waals surface area contributed by atoms with Gasteiger partial charge in [0.25, 0.3) is 5.91 Å². The highest BCUT2D eigenvalue weighted by atomic mass is 35.5. The summed E-state index contributed by atoms with van der Waals surface area (Å²) in [5, 5.41) is 3.61. The number of halogens is 2. The Morgan fingerprint density at radius 2 is 1.86 bits per heavy atom. The SMILES string of the molecule is C[C@@H](c1ccccc1)N1C(=O)[C@H](NC(=O)OC(C)(C)C)Cc2c(Cl)cc(Cl)cc21. The normalized spacial score (nSPS) is 17.5. The summed E-state index contributed by atoms with van der Waals surface area (Å²) in [7, 11) is 0. The predicted octanol–water partition coefficient (Wildman–Crippen LogP) is 5.54. The molecule has 0 unspecified atom stereocenters. The van der Waals surface area contributed by atoms with E-state index in [-0.39, 0.29) is 18.4 Å². The van der Waals surface area contributed by atoms with Gasteiger partial charge in [-0.3, -0.25) is 4.79 Å². The molecule has 0 radical (unpaired) electrons. The largest absolute Gasteiger partial charge is 0.444 e. The molecule has 3 rings (SSSR count). The molecular formula is C22H24Cl2N2O3. The number of nitrogens with one attached hydrogen (secondary N) is 1. The highest BCUT2D eigenvalue weighted by Crippen LogP contribution is 2.40. The van der Waals surface area contributed by atoms with Crippen LogP contribution in [-0.2, 0) is 16.0 Å². The van der Waals surface area contributed by atoms with Gasteiger partial charge in [-0.2, -0.15) is 0 Å². The van der Waals surface area contributed by atoms with E-state index in [1.54, 1.807) is 37.8 Å². The summed E-state index contributed by atoms with van der Waals surface area (Å²) in [6.45, 7) is 7.25. The van der Waals surface area contributed by atoms with Gasteiger partial charge in [0, 0.05) is 16.5 Å². The number of carbonyl (C=O) groups excluding carboxylic acids is 2. The summed E-state index contributed by atoms with van der Waals surface area (Å²) in [5.41, 5.74) is 1.72. The van der Waals surface area contributed by atoms with Crippen LogP contribution in [0.4, 0.5) is 10.5 Å². The number of benzene rings is 2. The van der Waals surface area contributed by atoms with Gasteiger partial charge in [0.15, 0.2) is 0 Å². The molecule has 7 heteroatoms. The number of hydrogen-bond donors (Lipinski definition) is 1. The standard InChI is InChI=1S/C22H24Cl2N2O3/c1-13(14-8-6-5-7-9-14)26-19-11-15(23)10-17(24)16(19)12-18(20(26)27)25-21(28)29-22(2,3)4/h5-11,13,18H,12H2,1-4H3,(H,25,28)/t13-,18+/m0/s1. The first-order chi connectivity index (χ1) is 13.6. The van der Waals surface area contributed by atoms with E-state index in [9.17, 15) is 9.59 Å². The number of nitrogens with zero attached hydrogens (tertiary/aromatic N) is 1. The Labute approximate surface area is 180 Å². The first kappa shape index (κ1) is 21.5. The Morgan fingerprint density at radius 3 is 2.48 bits per heavy atom.